The molecule has 1 heterocycles. The van der Waals surface area contributed by atoms with E-state index in [1.807, 2.05) is 59.2 Å². The van der Waals surface area contributed by atoms with Crippen LogP contribution in [0.3, 0.4) is 0 Å². The Hall–Kier alpha value is -3.57. The first-order valence-corrected chi connectivity index (χ1v) is 9.88. The maximum Gasteiger partial charge on any atom is 0.240 e. The third-order valence-corrected chi connectivity index (χ3v) is 5.17. The zero-order chi connectivity index (χ0) is 20.9. The second-order valence-corrected chi connectivity index (χ2v) is 7.13. The predicted molar refractivity (Wildman–Crippen MR) is 118 cm³/mol. The number of nitrogens with one attached hydrogen (secondary N) is 1. The van der Waals surface area contributed by atoms with Crippen LogP contribution in [0.4, 0.5) is 0 Å². The Morgan fingerprint density at radius 1 is 1.00 bits per heavy atom. The summed E-state index contributed by atoms with van der Waals surface area (Å²) in [4.78, 5) is 12.7. The number of hydrogen-bond acceptors (Lipinski definition) is 3. The number of carbonyl (C=O) groups excluding carboxylic acids is 1. The van der Waals surface area contributed by atoms with Crippen molar-refractivity contribution in [3.05, 3.63) is 90.5 Å². The van der Waals surface area contributed by atoms with Gasteiger partial charge in [0.1, 0.15) is 12.3 Å². The third-order valence-electron chi connectivity index (χ3n) is 5.17. The molecule has 152 valence electrons. The van der Waals surface area contributed by atoms with E-state index in [9.17, 15) is 9.90 Å². The molecule has 1 aromatic heterocycles. The average molecular weight is 400 g/mol. The quantitative estimate of drug-likeness (QED) is 0.489. The number of methoxy groups -OCH3 is 1. The number of aliphatic hydroxyl groups is 1. The molecule has 4 aromatic rings. The van der Waals surface area contributed by atoms with Crippen LogP contribution in [0.5, 0.6) is 5.75 Å². The molecule has 30 heavy (non-hydrogen) atoms. The van der Waals surface area contributed by atoms with E-state index in [0.29, 0.717) is 0 Å². The SMILES string of the molecule is COc1ccc([C@H](O)CNC(=O)Cn2c(-c3ccccc3)cc3ccccc32)cc1. The second kappa shape index (κ2) is 8.84. The van der Waals surface area contributed by atoms with E-state index in [1.54, 1.807) is 31.4 Å². The van der Waals surface area contributed by atoms with E-state index in [2.05, 4.69) is 11.4 Å². The Kier molecular flexibility index (Phi) is 5.82. The maximum atomic E-state index is 12.7. The molecule has 4 rings (SSSR count). The molecule has 0 aliphatic rings. The van der Waals surface area contributed by atoms with Gasteiger partial charge in [-0.25, -0.2) is 0 Å². The van der Waals surface area contributed by atoms with Gasteiger partial charge >= 0.3 is 0 Å². The molecular formula is C25H24N2O3. The van der Waals surface area contributed by atoms with Crippen LogP contribution in [0.1, 0.15) is 11.7 Å². The number of amides is 1. The molecule has 2 N–H and O–H groups in total. The maximum absolute atomic E-state index is 12.7. The van der Waals surface area contributed by atoms with Crippen LogP contribution in [0.2, 0.25) is 0 Å². The summed E-state index contributed by atoms with van der Waals surface area (Å²) in [5.74, 6) is 0.573. The van der Waals surface area contributed by atoms with Gasteiger partial charge in [0, 0.05) is 23.1 Å². The smallest absolute Gasteiger partial charge is 0.240 e. The van der Waals surface area contributed by atoms with Gasteiger partial charge in [0.05, 0.1) is 13.2 Å². The van der Waals surface area contributed by atoms with Crippen molar-refractivity contribution in [3.63, 3.8) is 0 Å². The van der Waals surface area contributed by atoms with Crippen LogP contribution in [0.15, 0.2) is 84.9 Å². The fourth-order valence-corrected chi connectivity index (χ4v) is 3.58. The molecule has 5 heteroatoms. The zero-order valence-electron chi connectivity index (χ0n) is 16.8. The van der Waals surface area contributed by atoms with Crippen molar-refractivity contribution in [3.8, 4) is 17.0 Å². The van der Waals surface area contributed by atoms with Gasteiger partial charge in [-0.1, -0.05) is 60.7 Å². The molecule has 0 aliphatic heterocycles. The Morgan fingerprint density at radius 3 is 2.43 bits per heavy atom. The summed E-state index contributed by atoms with van der Waals surface area (Å²) in [5.41, 5.74) is 3.78. The van der Waals surface area contributed by atoms with E-state index in [1.165, 1.54) is 0 Å². The van der Waals surface area contributed by atoms with Crippen LogP contribution in [0, 0.1) is 0 Å². The predicted octanol–water partition coefficient (Wildman–Crippen LogP) is 4.17. The normalized spacial score (nSPS) is 11.9. The second-order valence-electron chi connectivity index (χ2n) is 7.13. The summed E-state index contributed by atoms with van der Waals surface area (Å²) in [5, 5.41) is 14.3. The lowest BCUT2D eigenvalue weighted by Gasteiger charge is -2.15. The molecule has 3 aromatic carbocycles. The first kappa shape index (κ1) is 19.7. The number of para-hydroxylation sites is 1. The number of carbonyl (C=O) groups is 1. The minimum absolute atomic E-state index is 0.144. The number of aromatic nitrogens is 1. The van der Waals surface area contributed by atoms with Crippen molar-refractivity contribution in [2.75, 3.05) is 13.7 Å². The number of rotatable bonds is 7. The molecule has 0 saturated heterocycles. The molecule has 0 radical (unpaired) electrons. The summed E-state index contributed by atoms with van der Waals surface area (Å²) < 4.78 is 7.15. The highest BCUT2D eigenvalue weighted by Crippen LogP contribution is 2.28. The summed E-state index contributed by atoms with van der Waals surface area (Å²) in [6, 6.07) is 27.3. The van der Waals surface area contributed by atoms with Gasteiger partial charge in [0.25, 0.3) is 0 Å². The molecule has 0 aliphatic carbocycles. The van der Waals surface area contributed by atoms with Crippen LogP contribution in [0.25, 0.3) is 22.2 Å². The van der Waals surface area contributed by atoms with Crippen molar-refractivity contribution < 1.29 is 14.6 Å². The number of aliphatic hydroxyl groups excluding tert-OH is 1. The summed E-state index contributed by atoms with van der Waals surface area (Å²) in [6.45, 7) is 0.318. The zero-order valence-corrected chi connectivity index (χ0v) is 16.8. The lowest BCUT2D eigenvalue weighted by atomic mass is 10.1. The fraction of sp³-hybridized carbons (Fsp3) is 0.160. The Morgan fingerprint density at radius 2 is 1.70 bits per heavy atom. The molecule has 0 saturated carbocycles. The fourth-order valence-electron chi connectivity index (χ4n) is 3.58. The van der Waals surface area contributed by atoms with Gasteiger partial charge in [-0.15, -0.1) is 0 Å². The van der Waals surface area contributed by atoms with Crippen molar-refractivity contribution in [2.24, 2.45) is 0 Å². The molecular weight excluding hydrogens is 376 g/mol. The minimum Gasteiger partial charge on any atom is -0.497 e. The number of nitrogens with zero attached hydrogens (tertiary/aromatic N) is 1. The lowest BCUT2D eigenvalue weighted by Crippen LogP contribution is -2.31. The number of hydrogen-bond donors (Lipinski definition) is 2. The number of benzene rings is 3. The van der Waals surface area contributed by atoms with E-state index in [0.717, 1.165) is 33.5 Å². The average Bonchev–Trinajstić information content (AvgIpc) is 3.16. The third kappa shape index (κ3) is 4.21. The van der Waals surface area contributed by atoms with Crippen LogP contribution < -0.4 is 10.1 Å². The minimum atomic E-state index is -0.783. The molecule has 5 nitrogen and oxygen atoms in total. The highest BCUT2D eigenvalue weighted by molar-refractivity contribution is 5.89. The van der Waals surface area contributed by atoms with Gasteiger partial charge in [-0.2, -0.15) is 0 Å². The van der Waals surface area contributed by atoms with Gasteiger partial charge in [0.2, 0.25) is 5.91 Å². The highest BCUT2D eigenvalue weighted by Gasteiger charge is 2.15. The van der Waals surface area contributed by atoms with E-state index in [4.69, 9.17) is 4.74 Å². The largest absolute Gasteiger partial charge is 0.497 e. The first-order chi connectivity index (χ1) is 14.7. The van der Waals surface area contributed by atoms with E-state index < -0.39 is 6.10 Å². The summed E-state index contributed by atoms with van der Waals surface area (Å²) in [6.07, 6.45) is -0.783. The number of fused-ring (bicyclic) bond motifs is 1. The van der Waals surface area contributed by atoms with Gasteiger partial charge < -0.3 is 19.7 Å². The first-order valence-electron chi connectivity index (χ1n) is 9.88. The van der Waals surface area contributed by atoms with Crippen molar-refractivity contribution in [1.82, 2.24) is 9.88 Å². The standard InChI is InChI=1S/C25H24N2O3/c1-30-21-13-11-19(12-14-21)24(28)16-26-25(29)17-27-22-10-6-5-9-20(22)15-23(27)18-7-3-2-4-8-18/h2-15,24,28H,16-17H2,1H3,(H,26,29)/t24-/m1/s1. The Labute approximate surface area is 175 Å². The topological polar surface area (TPSA) is 63.5 Å². The molecule has 0 bridgehead atoms. The van der Waals surface area contributed by atoms with E-state index >= 15 is 0 Å². The summed E-state index contributed by atoms with van der Waals surface area (Å²) in [7, 11) is 1.60. The van der Waals surface area contributed by atoms with Gasteiger partial charge in [0.15, 0.2) is 0 Å². The Balaban J connectivity index is 1.50. The lowest BCUT2D eigenvalue weighted by molar-refractivity contribution is -0.122. The van der Waals surface area contributed by atoms with Crippen LogP contribution >= 0.6 is 0 Å². The van der Waals surface area contributed by atoms with E-state index in [-0.39, 0.29) is 19.0 Å². The monoisotopic (exact) mass is 400 g/mol. The van der Waals surface area contributed by atoms with Gasteiger partial charge in [-0.05, 0) is 35.4 Å². The Bertz CT molecular complexity index is 1130. The number of ether oxygens (including phenoxy) is 1. The van der Waals surface area contributed by atoms with Crippen molar-refractivity contribution >= 4 is 16.8 Å². The molecule has 0 fully saturated rings. The molecule has 1 atom stereocenters. The van der Waals surface area contributed by atoms with Gasteiger partial charge in [-0.3, -0.25) is 4.79 Å². The molecule has 1 amide bonds. The molecule has 0 spiro atoms. The van der Waals surface area contributed by atoms with Crippen molar-refractivity contribution in [1.29, 1.82) is 0 Å². The summed E-state index contributed by atoms with van der Waals surface area (Å²) >= 11 is 0. The molecule has 0 unspecified atom stereocenters. The highest BCUT2D eigenvalue weighted by atomic mass is 16.5. The van der Waals surface area contributed by atoms with Crippen LogP contribution in [-0.2, 0) is 11.3 Å². The van der Waals surface area contributed by atoms with Crippen molar-refractivity contribution in [2.45, 2.75) is 12.6 Å². The van der Waals surface area contributed by atoms with Crippen LogP contribution in [-0.4, -0.2) is 29.2 Å².